The van der Waals surface area contributed by atoms with Gasteiger partial charge in [-0.25, -0.2) is 0 Å². The van der Waals surface area contributed by atoms with Gasteiger partial charge in [0.05, 0.1) is 5.75 Å². The van der Waals surface area contributed by atoms with E-state index in [4.69, 9.17) is 4.52 Å². The molecule has 0 saturated heterocycles. The van der Waals surface area contributed by atoms with Gasteiger partial charge in [-0.2, -0.15) is 4.98 Å². The Morgan fingerprint density at radius 2 is 2.10 bits per heavy atom. The van der Waals surface area contributed by atoms with Crippen molar-refractivity contribution in [1.29, 1.82) is 0 Å². The van der Waals surface area contributed by atoms with Gasteiger partial charge in [0.2, 0.25) is 11.0 Å². The van der Waals surface area contributed by atoms with Crippen molar-refractivity contribution in [2.75, 3.05) is 11.9 Å². The highest BCUT2D eigenvalue weighted by Crippen LogP contribution is 2.28. The zero-order valence-electron chi connectivity index (χ0n) is 12.1. The van der Waals surface area contributed by atoms with Crippen molar-refractivity contribution in [3.63, 3.8) is 0 Å². The van der Waals surface area contributed by atoms with E-state index in [1.807, 2.05) is 20.8 Å². The molecule has 0 aliphatic rings. The quantitative estimate of drug-likeness (QED) is 0.819. The van der Waals surface area contributed by atoms with E-state index in [-0.39, 0.29) is 5.41 Å². The van der Waals surface area contributed by atoms with Gasteiger partial charge < -0.3 is 9.84 Å². The Morgan fingerprint density at radius 3 is 2.75 bits per heavy atom. The first-order chi connectivity index (χ1) is 9.49. The molecule has 2 heterocycles. The maximum Gasteiger partial charge on any atom is 0.232 e. The Bertz CT molecular complexity index is 546. The predicted octanol–water partition coefficient (Wildman–Crippen LogP) is 3.33. The van der Waals surface area contributed by atoms with E-state index in [2.05, 4.69) is 32.6 Å². The predicted molar refractivity (Wildman–Crippen MR) is 81.2 cm³/mol. The lowest BCUT2D eigenvalue weighted by molar-refractivity contribution is 0.319. The third-order valence-corrected chi connectivity index (χ3v) is 4.38. The van der Waals surface area contributed by atoms with Crippen molar-refractivity contribution in [3.05, 3.63) is 11.7 Å². The summed E-state index contributed by atoms with van der Waals surface area (Å²) in [5.41, 5.74) is -0.115. The molecule has 1 N–H and O–H groups in total. The van der Waals surface area contributed by atoms with Crippen LogP contribution in [0.2, 0.25) is 0 Å². The van der Waals surface area contributed by atoms with Crippen LogP contribution in [0.5, 0.6) is 0 Å². The molecule has 110 valence electrons. The minimum absolute atomic E-state index is 0.115. The summed E-state index contributed by atoms with van der Waals surface area (Å²) < 4.78 is 6.16. The number of hydrogen-bond donors (Lipinski definition) is 1. The van der Waals surface area contributed by atoms with Gasteiger partial charge >= 0.3 is 0 Å². The molecule has 2 rings (SSSR count). The second-order valence-electron chi connectivity index (χ2n) is 5.35. The van der Waals surface area contributed by atoms with Gasteiger partial charge in [0.1, 0.15) is 0 Å². The van der Waals surface area contributed by atoms with Gasteiger partial charge in [0.15, 0.2) is 10.2 Å². The number of hydrogen-bond acceptors (Lipinski definition) is 8. The first kappa shape index (κ1) is 15.2. The van der Waals surface area contributed by atoms with Crippen LogP contribution in [0, 0.1) is 0 Å². The van der Waals surface area contributed by atoms with E-state index >= 15 is 0 Å². The Hall–Kier alpha value is -1.15. The Labute approximate surface area is 126 Å². The molecule has 0 aliphatic carbocycles. The molecular formula is C12H19N5OS2. The SMILES string of the molecule is CCCNc1nnc(SCc2noc(C(C)(C)C)n2)s1. The molecule has 0 amide bonds. The van der Waals surface area contributed by atoms with Gasteiger partial charge in [-0.1, -0.05) is 56.0 Å². The van der Waals surface area contributed by atoms with Crippen molar-refractivity contribution < 1.29 is 4.52 Å². The van der Waals surface area contributed by atoms with Crippen LogP contribution >= 0.6 is 23.1 Å². The van der Waals surface area contributed by atoms with E-state index in [9.17, 15) is 0 Å². The molecule has 0 radical (unpaired) electrons. The van der Waals surface area contributed by atoms with Gasteiger partial charge in [-0.15, -0.1) is 10.2 Å². The van der Waals surface area contributed by atoms with Crippen LogP contribution in [-0.2, 0) is 11.2 Å². The zero-order valence-corrected chi connectivity index (χ0v) is 13.8. The molecule has 0 fully saturated rings. The summed E-state index contributed by atoms with van der Waals surface area (Å²) in [5.74, 6) is 2.00. The minimum Gasteiger partial charge on any atom is -0.360 e. The number of rotatable bonds is 6. The average molecular weight is 313 g/mol. The van der Waals surface area contributed by atoms with Crippen molar-refractivity contribution in [2.24, 2.45) is 0 Å². The summed E-state index contributed by atoms with van der Waals surface area (Å²) in [6.45, 7) is 9.18. The number of nitrogens with zero attached hydrogens (tertiary/aromatic N) is 4. The fourth-order valence-electron chi connectivity index (χ4n) is 1.31. The molecule has 20 heavy (non-hydrogen) atoms. The molecule has 0 atom stereocenters. The topological polar surface area (TPSA) is 76.7 Å². The zero-order chi connectivity index (χ0) is 14.6. The number of anilines is 1. The average Bonchev–Trinajstić information content (AvgIpc) is 3.02. The maximum atomic E-state index is 5.26. The molecule has 0 spiro atoms. The summed E-state index contributed by atoms with van der Waals surface area (Å²) in [6.07, 6.45) is 1.07. The molecule has 8 heteroatoms. The molecule has 2 aromatic rings. The molecule has 0 saturated carbocycles. The number of thioether (sulfide) groups is 1. The lowest BCUT2D eigenvalue weighted by Crippen LogP contribution is -2.11. The fraction of sp³-hybridized carbons (Fsp3) is 0.667. The lowest BCUT2D eigenvalue weighted by atomic mass is 9.97. The highest BCUT2D eigenvalue weighted by molar-refractivity contribution is 8.00. The highest BCUT2D eigenvalue weighted by atomic mass is 32.2. The molecule has 0 unspecified atom stereocenters. The fourth-order valence-corrected chi connectivity index (χ4v) is 2.94. The monoisotopic (exact) mass is 313 g/mol. The number of aromatic nitrogens is 4. The highest BCUT2D eigenvalue weighted by Gasteiger charge is 2.21. The second-order valence-corrected chi connectivity index (χ2v) is 7.55. The maximum absolute atomic E-state index is 5.26. The van der Waals surface area contributed by atoms with E-state index in [0.29, 0.717) is 17.5 Å². The van der Waals surface area contributed by atoms with Crippen molar-refractivity contribution >= 4 is 28.2 Å². The van der Waals surface area contributed by atoms with E-state index in [1.54, 1.807) is 23.1 Å². The van der Waals surface area contributed by atoms with E-state index < -0.39 is 0 Å². The van der Waals surface area contributed by atoms with Gasteiger partial charge in [0.25, 0.3) is 0 Å². The van der Waals surface area contributed by atoms with Gasteiger partial charge in [-0.3, -0.25) is 0 Å². The Morgan fingerprint density at radius 1 is 1.30 bits per heavy atom. The second kappa shape index (κ2) is 6.53. The summed E-state index contributed by atoms with van der Waals surface area (Å²) in [5, 5.41) is 16.3. The molecule has 0 aliphatic heterocycles. The lowest BCUT2D eigenvalue weighted by Gasteiger charge is -2.10. The van der Waals surface area contributed by atoms with Crippen molar-refractivity contribution in [2.45, 2.75) is 49.6 Å². The Kier molecular flexibility index (Phi) is 4.98. The van der Waals surface area contributed by atoms with Crippen LogP contribution in [0.4, 0.5) is 5.13 Å². The van der Waals surface area contributed by atoms with E-state index in [1.165, 1.54) is 0 Å². The Balaban J connectivity index is 1.88. The smallest absolute Gasteiger partial charge is 0.232 e. The third-order valence-electron chi connectivity index (χ3n) is 2.37. The molecule has 0 bridgehead atoms. The van der Waals surface area contributed by atoms with Crippen LogP contribution in [-0.4, -0.2) is 26.9 Å². The third kappa shape index (κ3) is 4.17. The summed E-state index contributed by atoms with van der Waals surface area (Å²) in [6, 6.07) is 0. The summed E-state index contributed by atoms with van der Waals surface area (Å²) >= 11 is 3.12. The van der Waals surface area contributed by atoms with Crippen LogP contribution < -0.4 is 5.32 Å². The summed E-state index contributed by atoms with van der Waals surface area (Å²) in [7, 11) is 0. The number of nitrogens with one attached hydrogen (secondary N) is 1. The first-order valence-corrected chi connectivity index (χ1v) is 8.32. The van der Waals surface area contributed by atoms with Gasteiger partial charge in [-0.05, 0) is 6.42 Å². The summed E-state index contributed by atoms with van der Waals surface area (Å²) in [4.78, 5) is 4.40. The van der Waals surface area contributed by atoms with Crippen LogP contribution in [0.25, 0.3) is 0 Å². The van der Waals surface area contributed by atoms with Crippen LogP contribution in [0.15, 0.2) is 8.86 Å². The first-order valence-electron chi connectivity index (χ1n) is 6.52. The minimum atomic E-state index is -0.115. The molecule has 2 aromatic heterocycles. The normalized spacial score (nSPS) is 11.8. The van der Waals surface area contributed by atoms with Crippen LogP contribution in [0.3, 0.4) is 0 Å². The van der Waals surface area contributed by atoms with Gasteiger partial charge in [0, 0.05) is 12.0 Å². The molecule has 0 aromatic carbocycles. The van der Waals surface area contributed by atoms with E-state index in [0.717, 1.165) is 22.4 Å². The van der Waals surface area contributed by atoms with Crippen molar-refractivity contribution in [3.8, 4) is 0 Å². The largest absolute Gasteiger partial charge is 0.360 e. The molecule has 6 nitrogen and oxygen atoms in total. The van der Waals surface area contributed by atoms with Crippen molar-refractivity contribution in [1.82, 2.24) is 20.3 Å². The molecular weight excluding hydrogens is 294 g/mol. The van der Waals surface area contributed by atoms with Crippen LogP contribution in [0.1, 0.15) is 45.8 Å². The standard InChI is InChI=1S/C12H19N5OS2/c1-5-6-13-10-15-16-11(20-10)19-7-8-14-9(18-17-8)12(2,3)4/h5-7H2,1-4H3,(H,13,15).